The molecule has 1 amide bonds. The number of thiazole rings is 1. The van der Waals surface area contributed by atoms with Crippen molar-refractivity contribution in [2.75, 3.05) is 26.2 Å². The molecule has 1 saturated heterocycles. The summed E-state index contributed by atoms with van der Waals surface area (Å²) in [7, 11) is 4.20. The number of aromatic nitrogens is 1. The number of Topliss-reactive ketones (excluding diaryl/α,β-unsaturated/α-hetero) is 1. The second kappa shape index (κ2) is 12.4. The van der Waals surface area contributed by atoms with Crippen molar-refractivity contribution in [3.63, 3.8) is 0 Å². The molecule has 0 radical (unpaired) electrons. The standard InChI is InChI=1S/C32H28N2O8S/c1-18-29(31(38)41-4)43-32(33-18)34-26(21-12-15-23(39-2)24(16-21)40-3)25(28(36)30(34)37)27(35)20-10-13-22(14-11-20)42-17-19-8-6-5-7-9-19/h5-16,26,35H,17H2,1-4H3/b27-25+. The molecule has 1 aliphatic rings. The predicted molar refractivity (Wildman–Crippen MR) is 160 cm³/mol. The molecule has 0 spiro atoms. The van der Waals surface area contributed by atoms with E-state index < -0.39 is 23.7 Å². The van der Waals surface area contributed by atoms with E-state index in [1.54, 1.807) is 49.4 Å². The number of rotatable bonds is 9. The summed E-state index contributed by atoms with van der Waals surface area (Å²) in [5.41, 5.74) is 1.94. The first-order valence-corrected chi connectivity index (χ1v) is 13.9. The van der Waals surface area contributed by atoms with Crippen LogP contribution >= 0.6 is 11.3 Å². The first kappa shape index (κ1) is 29.3. The molecule has 11 heteroatoms. The fourth-order valence-corrected chi connectivity index (χ4v) is 5.75. The number of aliphatic hydroxyl groups excluding tert-OH is 1. The molecule has 220 valence electrons. The molecule has 1 fully saturated rings. The summed E-state index contributed by atoms with van der Waals surface area (Å²) in [4.78, 5) is 45.2. The van der Waals surface area contributed by atoms with Crippen LogP contribution in [-0.2, 0) is 20.9 Å². The number of aliphatic hydroxyl groups is 1. The number of anilines is 1. The Hall–Kier alpha value is -5.16. The lowest BCUT2D eigenvalue weighted by molar-refractivity contribution is -0.132. The van der Waals surface area contributed by atoms with Crippen LogP contribution in [0.4, 0.5) is 5.13 Å². The molecule has 10 nitrogen and oxygen atoms in total. The Morgan fingerprint density at radius 2 is 1.65 bits per heavy atom. The number of hydrogen-bond donors (Lipinski definition) is 1. The lowest BCUT2D eigenvalue weighted by Crippen LogP contribution is -2.29. The molecule has 5 rings (SSSR count). The van der Waals surface area contributed by atoms with Crippen LogP contribution in [-0.4, -0.2) is 49.1 Å². The first-order chi connectivity index (χ1) is 20.8. The molecule has 4 aromatic rings. The third-order valence-corrected chi connectivity index (χ3v) is 8.04. The van der Waals surface area contributed by atoms with Crippen LogP contribution in [0.5, 0.6) is 17.2 Å². The van der Waals surface area contributed by atoms with Gasteiger partial charge in [-0.1, -0.05) is 47.7 Å². The highest BCUT2D eigenvalue weighted by Gasteiger charge is 2.48. The first-order valence-electron chi connectivity index (χ1n) is 13.1. The lowest BCUT2D eigenvalue weighted by Gasteiger charge is -2.23. The number of esters is 1. The van der Waals surface area contributed by atoms with Gasteiger partial charge in [0.15, 0.2) is 16.6 Å². The molecule has 1 aromatic heterocycles. The summed E-state index contributed by atoms with van der Waals surface area (Å²) in [5.74, 6) is -1.45. The second-order valence-electron chi connectivity index (χ2n) is 9.48. The number of methoxy groups -OCH3 is 3. The Morgan fingerprint density at radius 1 is 0.953 bits per heavy atom. The third-order valence-electron chi connectivity index (χ3n) is 6.91. The number of benzene rings is 3. The maximum atomic E-state index is 13.6. The van der Waals surface area contributed by atoms with E-state index in [0.717, 1.165) is 16.9 Å². The van der Waals surface area contributed by atoms with Crippen molar-refractivity contribution >= 4 is 39.9 Å². The smallest absolute Gasteiger partial charge is 0.350 e. The zero-order valence-corrected chi connectivity index (χ0v) is 24.6. The summed E-state index contributed by atoms with van der Waals surface area (Å²) in [5, 5.41) is 11.6. The average Bonchev–Trinajstić information content (AvgIpc) is 3.55. The zero-order valence-electron chi connectivity index (χ0n) is 23.8. The van der Waals surface area contributed by atoms with Crippen LogP contribution < -0.4 is 19.1 Å². The number of aryl methyl sites for hydroxylation is 1. The van der Waals surface area contributed by atoms with E-state index in [1.807, 2.05) is 30.3 Å². The van der Waals surface area contributed by atoms with Crippen molar-refractivity contribution < 1.29 is 38.4 Å². The summed E-state index contributed by atoms with van der Waals surface area (Å²) in [6.07, 6.45) is 0. The molecule has 3 aromatic carbocycles. The van der Waals surface area contributed by atoms with Crippen molar-refractivity contribution in [2.45, 2.75) is 19.6 Å². The molecule has 2 heterocycles. The van der Waals surface area contributed by atoms with Crippen molar-refractivity contribution in [3.8, 4) is 17.2 Å². The normalized spacial score (nSPS) is 15.8. The van der Waals surface area contributed by atoms with Gasteiger partial charge >= 0.3 is 11.9 Å². The molecular formula is C32H28N2O8S. The molecular weight excluding hydrogens is 572 g/mol. The van der Waals surface area contributed by atoms with E-state index in [-0.39, 0.29) is 21.3 Å². The van der Waals surface area contributed by atoms with Crippen molar-refractivity contribution in [2.24, 2.45) is 0 Å². The highest BCUT2D eigenvalue weighted by Crippen LogP contribution is 2.45. The number of carbonyl (C=O) groups is 3. The van der Waals surface area contributed by atoms with E-state index in [9.17, 15) is 19.5 Å². The van der Waals surface area contributed by atoms with E-state index >= 15 is 0 Å². The molecule has 43 heavy (non-hydrogen) atoms. The van der Waals surface area contributed by atoms with Gasteiger partial charge in [0.2, 0.25) is 0 Å². The van der Waals surface area contributed by atoms with Gasteiger partial charge in [0.25, 0.3) is 5.78 Å². The minimum absolute atomic E-state index is 0.100. The molecule has 1 atom stereocenters. The van der Waals surface area contributed by atoms with Gasteiger partial charge in [-0.05, 0) is 54.4 Å². The van der Waals surface area contributed by atoms with E-state index in [1.165, 1.54) is 26.2 Å². The lowest BCUT2D eigenvalue weighted by atomic mass is 9.95. The predicted octanol–water partition coefficient (Wildman–Crippen LogP) is 5.46. The minimum atomic E-state index is -1.09. The van der Waals surface area contributed by atoms with Crippen LogP contribution in [0.15, 0.2) is 78.4 Å². The van der Waals surface area contributed by atoms with E-state index in [4.69, 9.17) is 18.9 Å². The molecule has 0 bridgehead atoms. The maximum absolute atomic E-state index is 13.6. The summed E-state index contributed by atoms with van der Waals surface area (Å²) in [6, 6.07) is 20.1. The number of nitrogens with zero attached hydrogens (tertiary/aromatic N) is 2. The van der Waals surface area contributed by atoms with Gasteiger partial charge in [-0.2, -0.15) is 0 Å². The van der Waals surface area contributed by atoms with E-state index in [2.05, 4.69) is 4.98 Å². The van der Waals surface area contributed by atoms with Crippen molar-refractivity contribution in [3.05, 3.63) is 106 Å². The third kappa shape index (κ3) is 5.67. The van der Waals surface area contributed by atoms with Crippen LogP contribution in [0.25, 0.3) is 5.76 Å². The Morgan fingerprint density at radius 3 is 2.30 bits per heavy atom. The molecule has 1 unspecified atom stereocenters. The van der Waals surface area contributed by atoms with Crippen LogP contribution in [0, 0.1) is 6.92 Å². The van der Waals surface area contributed by atoms with Gasteiger partial charge in [-0.3, -0.25) is 14.5 Å². The average molecular weight is 601 g/mol. The topological polar surface area (TPSA) is 124 Å². The fraction of sp³-hybridized carbons (Fsp3) is 0.188. The SMILES string of the molecule is COC(=O)c1sc(N2C(=O)C(=O)/C(=C(/O)c3ccc(OCc4ccccc4)cc3)C2c2ccc(OC)c(OC)c2)nc1C. The number of hydrogen-bond acceptors (Lipinski definition) is 10. The number of ketones is 1. The number of carbonyl (C=O) groups excluding carboxylic acids is 3. The van der Waals surface area contributed by atoms with Crippen molar-refractivity contribution in [1.29, 1.82) is 0 Å². The summed E-state index contributed by atoms with van der Waals surface area (Å²) in [6.45, 7) is 1.97. The minimum Gasteiger partial charge on any atom is -0.507 e. The Labute approximate surface area is 251 Å². The van der Waals surface area contributed by atoms with Crippen LogP contribution in [0.3, 0.4) is 0 Å². The fourth-order valence-electron chi connectivity index (χ4n) is 4.74. The largest absolute Gasteiger partial charge is 0.507 e. The van der Waals surface area contributed by atoms with Gasteiger partial charge in [0, 0.05) is 5.56 Å². The zero-order chi connectivity index (χ0) is 30.7. The van der Waals surface area contributed by atoms with Gasteiger partial charge in [-0.25, -0.2) is 9.78 Å². The van der Waals surface area contributed by atoms with Crippen LogP contribution in [0.1, 0.15) is 38.1 Å². The molecule has 0 saturated carbocycles. The van der Waals surface area contributed by atoms with Crippen LogP contribution in [0.2, 0.25) is 0 Å². The highest BCUT2D eigenvalue weighted by molar-refractivity contribution is 7.17. The Balaban J connectivity index is 1.58. The van der Waals surface area contributed by atoms with E-state index in [0.29, 0.717) is 40.7 Å². The Bertz CT molecular complexity index is 1710. The Kier molecular flexibility index (Phi) is 8.44. The second-order valence-corrected chi connectivity index (χ2v) is 10.5. The summed E-state index contributed by atoms with van der Waals surface area (Å²) >= 11 is 0.917. The molecule has 1 N–H and O–H groups in total. The quantitative estimate of drug-likeness (QED) is 0.115. The highest BCUT2D eigenvalue weighted by atomic mass is 32.1. The number of amides is 1. The number of ether oxygens (including phenoxy) is 4. The monoisotopic (exact) mass is 600 g/mol. The van der Waals surface area contributed by atoms with Crippen molar-refractivity contribution in [1.82, 2.24) is 4.98 Å². The maximum Gasteiger partial charge on any atom is 0.350 e. The summed E-state index contributed by atoms with van der Waals surface area (Å²) < 4.78 is 21.5. The van der Waals surface area contributed by atoms with Gasteiger partial charge < -0.3 is 24.1 Å². The molecule has 0 aliphatic carbocycles. The van der Waals surface area contributed by atoms with Gasteiger partial charge in [0.1, 0.15) is 23.0 Å². The van der Waals surface area contributed by atoms with Gasteiger partial charge in [0.05, 0.1) is 38.6 Å². The molecule has 1 aliphatic heterocycles. The van der Waals surface area contributed by atoms with Gasteiger partial charge in [-0.15, -0.1) is 0 Å².